The first-order valence-corrected chi connectivity index (χ1v) is 7.25. The summed E-state index contributed by atoms with van der Waals surface area (Å²) >= 11 is 0. The summed E-state index contributed by atoms with van der Waals surface area (Å²) in [5, 5.41) is 6.42. The molecule has 2 unspecified atom stereocenters. The molecule has 0 radical (unpaired) electrons. The highest BCUT2D eigenvalue weighted by Crippen LogP contribution is 2.20. The maximum atomic E-state index is 12.2. The molecular formula is C16H24N2O2. The summed E-state index contributed by atoms with van der Waals surface area (Å²) in [6, 6.07) is 5.57. The Balaban J connectivity index is 1.94. The molecule has 0 spiro atoms. The predicted molar refractivity (Wildman–Crippen MR) is 80.2 cm³/mol. The lowest BCUT2D eigenvalue weighted by Crippen LogP contribution is -2.41. The highest BCUT2D eigenvalue weighted by molar-refractivity contribution is 5.94. The van der Waals surface area contributed by atoms with Crippen LogP contribution in [0.3, 0.4) is 0 Å². The quantitative estimate of drug-likeness (QED) is 0.884. The molecule has 0 bridgehead atoms. The summed E-state index contributed by atoms with van der Waals surface area (Å²) in [5.41, 5.74) is 1.70. The molecule has 0 aliphatic carbocycles. The van der Waals surface area contributed by atoms with Crippen LogP contribution in [0.25, 0.3) is 0 Å². The number of piperidine rings is 1. The second-order valence-corrected chi connectivity index (χ2v) is 5.62. The van der Waals surface area contributed by atoms with Crippen LogP contribution < -0.4 is 15.4 Å². The normalized spacial score (nSPS) is 22.4. The van der Waals surface area contributed by atoms with Gasteiger partial charge in [-0.05, 0) is 56.0 Å². The van der Waals surface area contributed by atoms with Crippen molar-refractivity contribution in [3.8, 4) is 5.75 Å². The van der Waals surface area contributed by atoms with Crippen molar-refractivity contribution in [1.82, 2.24) is 10.6 Å². The van der Waals surface area contributed by atoms with Gasteiger partial charge in [-0.3, -0.25) is 4.79 Å². The summed E-state index contributed by atoms with van der Waals surface area (Å²) in [7, 11) is 1.63. The van der Waals surface area contributed by atoms with Crippen LogP contribution in [0.1, 0.15) is 29.3 Å². The smallest absolute Gasteiger partial charge is 0.251 e. The second-order valence-electron chi connectivity index (χ2n) is 5.62. The van der Waals surface area contributed by atoms with Crippen LogP contribution in [0.15, 0.2) is 18.2 Å². The van der Waals surface area contributed by atoms with Gasteiger partial charge in [-0.1, -0.05) is 13.0 Å². The van der Waals surface area contributed by atoms with Gasteiger partial charge in [0.1, 0.15) is 5.75 Å². The second kappa shape index (κ2) is 6.75. The number of carbonyl (C=O) groups is 1. The Bertz CT molecular complexity index is 474. The van der Waals surface area contributed by atoms with Crippen LogP contribution in [-0.2, 0) is 0 Å². The Kier molecular flexibility index (Phi) is 5.01. The molecule has 1 aliphatic heterocycles. The van der Waals surface area contributed by atoms with Gasteiger partial charge in [0, 0.05) is 12.1 Å². The lowest BCUT2D eigenvalue weighted by Gasteiger charge is -2.29. The van der Waals surface area contributed by atoms with Crippen molar-refractivity contribution in [1.29, 1.82) is 0 Å². The molecule has 20 heavy (non-hydrogen) atoms. The Hall–Kier alpha value is -1.55. The number of amides is 1. The van der Waals surface area contributed by atoms with Gasteiger partial charge in [0.15, 0.2) is 0 Å². The number of ether oxygens (including phenoxy) is 1. The van der Waals surface area contributed by atoms with Gasteiger partial charge in [-0.25, -0.2) is 0 Å². The maximum absolute atomic E-state index is 12.2. The van der Waals surface area contributed by atoms with E-state index in [2.05, 4.69) is 17.6 Å². The standard InChI is InChI=1S/C16H24N2O2/c1-11-4-5-13(8-15(11)20-3)16(19)18-10-14-6-7-17-9-12(14)2/h4-5,8,12,14,17H,6-7,9-10H2,1-3H3,(H,18,19). The average molecular weight is 276 g/mol. The number of hydrogen-bond donors (Lipinski definition) is 2. The van der Waals surface area contributed by atoms with E-state index in [1.807, 2.05) is 19.1 Å². The molecule has 1 saturated heterocycles. The minimum absolute atomic E-state index is 0.0194. The van der Waals surface area contributed by atoms with Gasteiger partial charge in [-0.2, -0.15) is 0 Å². The predicted octanol–water partition coefficient (Wildman–Crippen LogP) is 1.98. The van der Waals surface area contributed by atoms with Crippen LogP contribution in [-0.4, -0.2) is 32.7 Å². The van der Waals surface area contributed by atoms with Crippen molar-refractivity contribution in [2.75, 3.05) is 26.7 Å². The van der Waals surface area contributed by atoms with E-state index in [4.69, 9.17) is 4.74 Å². The maximum Gasteiger partial charge on any atom is 0.251 e. The molecule has 110 valence electrons. The first-order valence-electron chi connectivity index (χ1n) is 7.25. The van der Waals surface area contributed by atoms with E-state index in [-0.39, 0.29) is 5.91 Å². The molecule has 1 aromatic carbocycles. The van der Waals surface area contributed by atoms with E-state index >= 15 is 0 Å². The number of aryl methyl sites for hydroxylation is 1. The highest BCUT2D eigenvalue weighted by Gasteiger charge is 2.21. The zero-order chi connectivity index (χ0) is 14.5. The molecule has 1 amide bonds. The monoisotopic (exact) mass is 276 g/mol. The van der Waals surface area contributed by atoms with Gasteiger partial charge in [-0.15, -0.1) is 0 Å². The van der Waals surface area contributed by atoms with E-state index in [0.29, 0.717) is 17.4 Å². The fourth-order valence-corrected chi connectivity index (χ4v) is 2.66. The highest BCUT2D eigenvalue weighted by atomic mass is 16.5. The number of benzene rings is 1. The Morgan fingerprint density at radius 1 is 1.50 bits per heavy atom. The van der Waals surface area contributed by atoms with Crippen LogP contribution in [0.4, 0.5) is 0 Å². The zero-order valence-corrected chi connectivity index (χ0v) is 12.5. The summed E-state index contributed by atoms with van der Waals surface area (Å²) in [4.78, 5) is 12.2. The third-order valence-corrected chi connectivity index (χ3v) is 4.16. The first kappa shape index (κ1) is 14.9. The molecular weight excluding hydrogens is 252 g/mol. The van der Waals surface area contributed by atoms with Crippen molar-refractivity contribution in [2.24, 2.45) is 11.8 Å². The topological polar surface area (TPSA) is 50.4 Å². The molecule has 1 aromatic rings. The van der Waals surface area contributed by atoms with E-state index in [1.165, 1.54) is 0 Å². The summed E-state index contributed by atoms with van der Waals surface area (Å²) < 4.78 is 5.26. The number of rotatable bonds is 4. The fourth-order valence-electron chi connectivity index (χ4n) is 2.66. The van der Waals surface area contributed by atoms with Crippen molar-refractivity contribution in [2.45, 2.75) is 20.3 Å². The number of nitrogens with one attached hydrogen (secondary N) is 2. The Morgan fingerprint density at radius 2 is 2.30 bits per heavy atom. The largest absolute Gasteiger partial charge is 0.496 e. The Morgan fingerprint density at radius 3 is 3.00 bits per heavy atom. The number of carbonyl (C=O) groups excluding carboxylic acids is 1. The van der Waals surface area contributed by atoms with Crippen LogP contribution in [0.2, 0.25) is 0 Å². The minimum atomic E-state index is -0.0194. The molecule has 4 nitrogen and oxygen atoms in total. The van der Waals surface area contributed by atoms with Gasteiger partial charge in [0.25, 0.3) is 5.91 Å². The zero-order valence-electron chi connectivity index (χ0n) is 12.5. The molecule has 2 atom stereocenters. The van der Waals surface area contributed by atoms with Crippen LogP contribution in [0.5, 0.6) is 5.75 Å². The minimum Gasteiger partial charge on any atom is -0.496 e. The van der Waals surface area contributed by atoms with Gasteiger partial charge >= 0.3 is 0 Å². The molecule has 1 heterocycles. The van der Waals surface area contributed by atoms with Crippen molar-refractivity contribution >= 4 is 5.91 Å². The van der Waals surface area contributed by atoms with Gasteiger partial charge in [0.2, 0.25) is 0 Å². The van der Waals surface area contributed by atoms with Crippen molar-refractivity contribution in [3.63, 3.8) is 0 Å². The number of methoxy groups -OCH3 is 1. The van der Waals surface area contributed by atoms with E-state index in [9.17, 15) is 4.79 Å². The van der Waals surface area contributed by atoms with E-state index in [0.717, 1.165) is 37.4 Å². The van der Waals surface area contributed by atoms with Crippen molar-refractivity contribution < 1.29 is 9.53 Å². The fraction of sp³-hybridized carbons (Fsp3) is 0.562. The number of hydrogen-bond acceptors (Lipinski definition) is 3. The molecule has 1 aliphatic rings. The van der Waals surface area contributed by atoms with Crippen molar-refractivity contribution in [3.05, 3.63) is 29.3 Å². The van der Waals surface area contributed by atoms with Crippen LogP contribution in [0, 0.1) is 18.8 Å². The Labute approximate surface area is 120 Å². The first-order chi connectivity index (χ1) is 9.61. The summed E-state index contributed by atoms with van der Waals surface area (Å²) in [6.45, 7) is 7.04. The molecule has 4 heteroatoms. The lowest BCUT2D eigenvalue weighted by molar-refractivity contribution is 0.0938. The summed E-state index contributed by atoms with van der Waals surface area (Å²) in [6.07, 6.45) is 1.12. The summed E-state index contributed by atoms with van der Waals surface area (Å²) in [5.74, 6) is 1.91. The molecule has 0 saturated carbocycles. The average Bonchev–Trinajstić information content (AvgIpc) is 2.46. The van der Waals surface area contributed by atoms with Gasteiger partial charge < -0.3 is 15.4 Å². The van der Waals surface area contributed by atoms with E-state index < -0.39 is 0 Å². The van der Waals surface area contributed by atoms with Gasteiger partial charge in [0.05, 0.1) is 7.11 Å². The molecule has 0 aromatic heterocycles. The lowest BCUT2D eigenvalue weighted by atomic mass is 9.88. The van der Waals surface area contributed by atoms with Crippen LogP contribution >= 0.6 is 0 Å². The molecule has 1 fully saturated rings. The molecule has 2 N–H and O–H groups in total. The SMILES string of the molecule is COc1cc(C(=O)NCC2CCNCC2C)ccc1C. The van der Waals surface area contributed by atoms with E-state index in [1.54, 1.807) is 13.2 Å². The molecule has 2 rings (SSSR count). The third kappa shape index (κ3) is 3.51. The third-order valence-electron chi connectivity index (χ3n) is 4.16.